The second-order valence-electron chi connectivity index (χ2n) is 5.93. The second kappa shape index (κ2) is 4.72. The van der Waals surface area contributed by atoms with Crippen LogP contribution in [0.1, 0.15) is 34.5 Å². The van der Waals surface area contributed by atoms with Gasteiger partial charge in [-0.2, -0.15) is 0 Å². The van der Waals surface area contributed by atoms with Crippen molar-refractivity contribution in [1.29, 1.82) is 0 Å². The molecule has 2 aliphatic rings. The van der Waals surface area contributed by atoms with Gasteiger partial charge in [0.1, 0.15) is 6.23 Å². The Bertz CT molecular complexity index is 620. The molecule has 0 unspecified atom stereocenters. The average molecular weight is 265 g/mol. The summed E-state index contributed by atoms with van der Waals surface area (Å²) < 4.78 is 6.04. The van der Waals surface area contributed by atoms with Gasteiger partial charge in [0.15, 0.2) is 0 Å². The number of ether oxygens (including phenoxy) is 1. The molecule has 1 saturated heterocycles. The normalized spacial score (nSPS) is 27.9. The highest BCUT2D eigenvalue weighted by Gasteiger charge is 2.37. The molecule has 4 rings (SSSR count). The van der Waals surface area contributed by atoms with E-state index in [0.29, 0.717) is 12.0 Å². The lowest BCUT2D eigenvalue weighted by molar-refractivity contribution is -0.0494. The molecule has 0 amide bonds. The molecular weight excluding hydrogens is 246 g/mol. The molecule has 0 bridgehead atoms. The number of rotatable bonds is 1. The van der Waals surface area contributed by atoms with E-state index in [4.69, 9.17) is 4.74 Å². The molecule has 1 aliphatic carbocycles. The number of fused-ring (bicyclic) bond motifs is 3. The Kier molecular flexibility index (Phi) is 2.86. The van der Waals surface area contributed by atoms with Crippen molar-refractivity contribution in [3.8, 4) is 0 Å². The molecule has 2 aromatic carbocycles. The lowest BCUT2D eigenvalue weighted by Crippen LogP contribution is -2.39. The summed E-state index contributed by atoms with van der Waals surface area (Å²) in [6.45, 7) is 2.95. The van der Waals surface area contributed by atoms with Gasteiger partial charge in [-0.15, -0.1) is 0 Å². The predicted molar refractivity (Wildman–Crippen MR) is 79.4 cm³/mol. The van der Waals surface area contributed by atoms with Gasteiger partial charge in [0, 0.05) is 12.0 Å². The van der Waals surface area contributed by atoms with Gasteiger partial charge in [-0.25, -0.2) is 0 Å². The zero-order valence-electron chi connectivity index (χ0n) is 11.7. The van der Waals surface area contributed by atoms with Crippen molar-refractivity contribution >= 4 is 0 Å². The molecule has 1 aliphatic heterocycles. The maximum absolute atomic E-state index is 6.04. The average Bonchev–Trinajstić information content (AvgIpc) is 2.86. The zero-order valence-corrected chi connectivity index (χ0v) is 11.7. The van der Waals surface area contributed by atoms with E-state index in [9.17, 15) is 0 Å². The fourth-order valence-electron chi connectivity index (χ4n) is 3.42. The molecule has 2 heteroatoms. The molecule has 102 valence electrons. The van der Waals surface area contributed by atoms with Crippen LogP contribution in [0.4, 0.5) is 0 Å². The molecule has 2 nitrogen and oxygen atoms in total. The highest BCUT2D eigenvalue weighted by Crippen LogP contribution is 2.41. The van der Waals surface area contributed by atoms with Gasteiger partial charge in [-0.1, -0.05) is 54.1 Å². The van der Waals surface area contributed by atoms with E-state index in [1.807, 2.05) is 0 Å². The number of benzene rings is 2. The molecule has 1 fully saturated rings. The Balaban J connectivity index is 1.61. The van der Waals surface area contributed by atoms with Gasteiger partial charge in [0.2, 0.25) is 0 Å². The van der Waals surface area contributed by atoms with Gasteiger partial charge in [-0.3, -0.25) is 5.32 Å². The minimum absolute atomic E-state index is 0.0167. The highest BCUT2D eigenvalue weighted by molar-refractivity contribution is 5.36. The third-order valence-corrected chi connectivity index (χ3v) is 4.53. The van der Waals surface area contributed by atoms with Crippen molar-refractivity contribution in [2.24, 2.45) is 5.92 Å². The Hall–Kier alpha value is -1.64. The van der Waals surface area contributed by atoms with Gasteiger partial charge in [-0.05, 0) is 30.0 Å². The quantitative estimate of drug-likeness (QED) is 0.851. The van der Waals surface area contributed by atoms with E-state index in [1.165, 1.54) is 22.3 Å². The molecule has 0 spiro atoms. The molecule has 3 atom stereocenters. The van der Waals surface area contributed by atoms with E-state index in [1.54, 1.807) is 0 Å². The Morgan fingerprint density at radius 1 is 1.05 bits per heavy atom. The molecule has 0 aromatic heterocycles. The monoisotopic (exact) mass is 265 g/mol. The van der Waals surface area contributed by atoms with Crippen LogP contribution in [0.25, 0.3) is 0 Å². The first-order valence-corrected chi connectivity index (χ1v) is 7.33. The Morgan fingerprint density at radius 3 is 2.70 bits per heavy atom. The number of hydrogen-bond donors (Lipinski definition) is 1. The van der Waals surface area contributed by atoms with Crippen molar-refractivity contribution in [3.05, 3.63) is 70.8 Å². The Labute approximate surface area is 119 Å². The van der Waals surface area contributed by atoms with Crippen LogP contribution in [0.15, 0.2) is 48.5 Å². The highest BCUT2D eigenvalue weighted by atomic mass is 16.5. The van der Waals surface area contributed by atoms with Gasteiger partial charge >= 0.3 is 0 Å². The maximum Gasteiger partial charge on any atom is 0.134 e. The van der Waals surface area contributed by atoms with Crippen molar-refractivity contribution in [1.82, 2.24) is 5.32 Å². The first-order valence-electron chi connectivity index (χ1n) is 7.33. The summed E-state index contributed by atoms with van der Waals surface area (Å²) in [7, 11) is 0. The molecule has 0 saturated carbocycles. The lowest BCUT2D eigenvalue weighted by Gasteiger charge is -2.34. The summed E-state index contributed by atoms with van der Waals surface area (Å²) >= 11 is 0. The van der Waals surface area contributed by atoms with Crippen LogP contribution < -0.4 is 5.32 Å². The molecule has 1 N–H and O–H groups in total. The van der Waals surface area contributed by atoms with Crippen LogP contribution in [0.5, 0.6) is 0 Å². The number of hydrogen-bond acceptors (Lipinski definition) is 2. The maximum atomic E-state index is 6.04. The van der Waals surface area contributed by atoms with Crippen LogP contribution in [-0.4, -0.2) is 6.61 Å². The molecule has 1 heterocycles. The van der Waals surface area contributed by atoms with Crippen LogP contribution >= 0.6 is 0 Å². The van der Waals surface area contributed by atoms with Crippen molar-refractivity contribution < 1.29 is 4.74 Å². The van der Waals surface area contributed by atoms with Gasteiger partial charge in [0.05, 0.1) is 6.61 Å². The topological polar surface area (TPSA) is 21.3 Å². The predicted octanol–water partition coefficient (Wildman–Crippen LogP) is 3.53. The molecular formula is C18H19NO. The summed E-state index contributed by atoms with van der Waals surface area (Å²) in [5.74, 6) is 0.578. The molecule has 2 aromatic rings. The van der Waals surface area contributed by atoms with Crippen molar-refractivity contribution in [2.75, 3.05) is 6.61 Å². The number of aryl methyl sites for hydroxylation is 1. The summed E-state index contributed by atoms with van der Waals surface area (Å²) in [6.07, 6.45) is 1.15. The fourth-order valence-corrected chi connectivity index (χ4v) is 3.42. The molecule has 0 radical (unpaired) electrons. The minimum Gasteiger partial charge on any atom is -0.359 e. The zero-order chi connectivity index (χ0) is 13.5. The van der Waals surface area contributed by atoms with E-state index < -0.39 is 0 Å². The van der Waals surface area contributed by atoms with Crippen LogP contribution in [0.2, 0.25) is 0 Å². The fraction of sp³-hybridized carbons (Fsp3) is 0.333. The second-order valence-corrected chi connectivity index (χ2v) is 5.93. The van der Waals surface area contributed by atoms with E-state index in [2.05, 4.69) is 60.8 Å². The summed E-state index contributed by atoms with van der Waals surface area (Å²) in [5.41, 5.74) is 5.44. The largest absolute Gasteiger partial charge is 0.359 e. The lowest BCUT2D eigenvalue weighted by atomic mass is 9.98. The van der Waals surface area contributed by atoms with E-state index in [0.717, 1.165) is 13.0 Å². The smallest absolute Gasteiger partial charge is 0.134 e. The number of nitrogens with one attached hydrogen (secondary N) is 1. The summed E-state index contributed by atoms with van der Waals surface area (Å²) in [5, 5.41) is 3.69. The first kappa shape index (κ1) is 12.1. The minimum atomic E-state index is 0.0167. The Morgan fingerprint density at radius 2 is 1.85 bits per heavy atom. The third-order valence-electron chi connectivity index (χ3n) is 4.53. The van der Waals surface area contributed by atoms with Crippen LogP contribution in [0.3, 0.4) is 0 Å². The van der Waals surface area contributed by atoms with Crippen molar-refractivity contribution in [3.63, 3.8) is 0 Å². The van der Waals surface area contributed by atoms with Crippen LogP contribution in [-0.2, 0) is 11.2 Å². The van der Waals surface area contributed by atoms with Gasteiger partial charge < -0.3 is 4.74 Å². The standard InChI is InChI=1S/C18H19NO/c1-12-6-8-13(9-7-12)18-19-17-15(11-20-18)10-14-4-2-3-5-16(14)17/h2-9,15,17-19H,10-11H2,1H3/t15-,17+,18+/m1/s1. The van der Waals surface area contributed by atoms with Gasteiger partial charge in [0.25, 0.3) is 0 Å². The summed E-state index contributed by atoms with van der Waals surface area (Å²) in [6, 6.07) is 17.8. The van der Waals surface area contributed by atoms with E-state index >= 15 is 0 Å². The van der Waals surface area contributed by atoms with E-state index in [-0.39, 0.29) is 6.23 Å². The van der Waals surface area contributed by atoms with Crippen molar-refractivity contribution in [2.45, 2.75) is 25.6 Å². The third kappa shape index (κ3) is 1.96. The molecule has 20 heavy (non-hydrogen) atoms. The summed E-state index contributed by atoms with van der Waals surface area (Å²) in [4.78, 5) is 0. The van der Waals surface area contributed by atoms with Crippen LogP contribution in [0, 0.1) is 12.8 Å². The SMILES string of the molecule is Cc1ccc([C@H]2N[C@@H]3c4ccccc4C[C@@H]3CO2)cc1. The first-order chi connectivity index (χ1) is 9.81.